The molecule has 2 heterocycles. The molecule has 2 unspecified atom stereocenters. The normalized spacial score (nSPS) is 23.1. The molecule has 112 valence electrons. The molecule has 1 aromatic rings. The van der Waals surface area contributed by atoms with Crippen molar-refractivity contribution in [3.05, 3.63) is 23.4 Å². The van der Waals surface area contributed by atoms with E-state index in [9.17, 15) is 0 Å². The Kier molecular flexibility index (Phi) is 5.41. The van der Waals surface area contributed by atoms with Crippen molar-refractivity contribution in [2.45, 2.75) is 59.5 Å². The van der Waals surface area contributed by atoms with Gasteiger partial charge in [-0.15, -0.1) is 0 Å². The van der Waals surface area contributed by atoms with Gasteiger partial charge in [-0.05, 0) is 57.2 Å². The molecule has 0 radical (unpaired) electrons. The molecule has 1 saturated heterocycles. The van der Waals surface area contributed by atoms with Crippen LogP contribution in [0.3, 0.4) is 0 Å². The Labute approximate surface area is 123 Å². The standard InChI is InChI=1S/C17H29N3/c1-5-9-18-12-16-6-7-17(19-15(16)4)20-10-8-13(2)11-14(20)3/h6-7,13-14,18H,5,8-12H2,1-4H3. The molecule has 3 nitrogen and oxygen atoms in total. The highest BCUT2D eigenvalue weighted by molar-refractivity contribution is 5.43. The minimum Gasteiger partial charge on any atom is -0.354 e. The average Bonchev–Trinajstić information content (AvgIpc) is 2.41. The number of rotatable bonds is 5. The lowest BCUT2D eigenvalue weighted by atomic mass is 9.93. The van der Waals surface area contributed by atoms with Crippen LogP contribution in [0.25, 0.3) is 0 Å². The van der Waals surface area contributed by atoms with Crippen LogP contribution in [0.4, 0.5) is 5.82 Å². The van der Waals surface area contributed by atoms with E-state index in [1.54, 1.807) is 0 Å². The zero-order valence-electron chi connectivity index (χ0n) is 13.4. The molecule has 1 N–H and O–H groups in total. The van der Waals surface area contributed by atoms with Gasteiger partial charge in [-0.25, -0.2) is 4.98 Å². The van der Waals surface area contributed by atoms with Gasteiger partial charge < -0.3 is 10.2 Å². The van der Waals surface area contributed by atoms with Crippen LogP contribution in [0.2, 0.25) is 0 Å². The molecule has 1 fully saturated rings. The maximum Gasteiger partial charge on any atom is 0.129 e. The van der Waals surface area contributed by atoms with Crippen LogP contribution in [-0.4, -0.2) is 24.1 Å². The minimum atomic E-state index is 0.606. The van der Waals surface area contributed by atoms with Crippen LogP contribution in [-0.2, 0) is 6.54 Å². The molecule has 1 aromatic heterocycles. The van der Waals surface area contributed by atoms with Gasteiger partial charge in [0.2, 0.25) is 0 Å². The van der Waals surface area contributed by atoms with E-state index in [0.717, 1.165) is 37.1 Å². The van der Waals surface area contributed by atoms with Gasteiger partial charge in [0.05, 0.1) is 0 Å². The summed E-state index contributed by atoms with van der Waals surface area (Å²) in [4.78, 5) is 7.31. The lowest BCUT2D eigenvalue weighted by Gasteiger charge is -2.37. The molecule has 0 spiro atoms. The fourth-order valence-corrected chi connectivity index (χ4v) is 3.07. The molecule has 1 aliphatic heterocycles. The van der Waals surface area contributed by atoms with Crippen LogP contribution in [0.1, 0.15) is 51.3 Å². The first-order valence-corrected chi connectivity index (χ1v) is 8.05. The second-order valence-electron chi connectivity index (χ2n) is 6.26. The molecule has 3 heteroatoms. The lowest BCUT2D eigenvalue weighted by Crippen LogP contribution is -2.40. The highest BCUT2D eigenvalue weighted by atomic mass is 15.2. The summed E-state index contributed by atoms with van der Waals surface area (Å²) in [6.07, 6.45) is 3.74. The van der Waals surface area contributed by atoms with Gasteiger partial charge >= 0.3 is 0 Å². The summed E-state index contributed by atoms with van der Waals surface area (Å²) >= 11 is 0. The van der Waals surface area contributed by atoms with Crippen molar-refractivity contribution < 1.29 is 0 Å². The predicted molar refractivity (Wildman–Crippen MR) is 86.2 cm³/mol. The fraction of sp³-hybridized carbons (Fsp3) is 0.706. The fourth-order valence-electron chi connectivity index (χ4n) is 3.07. The lowest BCUT2D eigenvalue weighted by molar-refractivity contribution is 0.376. The molecule has 1 aliphatic rings. The van der Waals surface area contributed by atoms with Gasteiger partial charge in [-0.3, -0.25) is 0 Å². The number of hydrogen-bond donors (Lipinski definition) is 1. The van der Waals surface area contributed by atoms with Crippen molar-refractivity contribution in [3.63, 3.8) is 0 Å². The van der Waals surface area contributed by atoms with E-state index in [4.69, 9.17) is 4.98 Å². The van der Waals surface area contributed by atoms with Gasteiger partial charge in [0, 0.05) is 24.8 Å². The van der Waals surface area contributed by atoms with Crippen LogP contribution in [0.5, 0.6) is 0 Å². The summed E-state index contributed by atoms with van der Waals surface area (Å²) in [6, 6.07) is 5.04. The summed E-state index contributed by atoms with van der Waals surface area (Å²) in [6.45, 7) is 12.1. The van der Waals surface area contributed by atoms with Crippen molar-refractivity contribution in [3.8, 4) is 0 Å². The van der Waals surface area contributed by atoms with Crippen LogP contribution in [0.15, 0.2) is 12.1 Å². The molecule has 0 amide bonds. The summed E-state index contributed by atoms with van der Waals surface area (Å²) in [5.74, 6) is 2.00. The van der Waals surface area contributed by atoms with Crippen molar-refractivity contribution >= 4 is 5.82 Å². The number of piperidine rings is 1. The number of nitrogens with one attached hydrogen (secondary N) is 1. The summed E-state index contributed by atoms with van der Waals surface area (Å²) in [5, 5.41) is 3.45. The maximum atomic E-state index is 4.84. The zero-order chi connectivity index (χ0) is 14.5. The van der Waals surface area contributed by atoms with Gasteiger partial charge in [-0.1, -0.05) is 19.9 Å². The number of nitrogens with zero attached hydrogens (tertiary/aromatic N) is 2. The third kappa shape index (κ3) is 3.72. The number of anilines is 1. The molecular weight excluding hydrogens is 246 g/mol. The number of hydrogen-bond acceptors (Lipinski definition) is 3. The highest BCUT2D eigenvalue weighted by Gasteiger charge is 2.23. The second-order valence-corrected chi connectivity index (χ2v) is 6.26. The number of aromatic nitrogens is 1. The van der Waals surface area contributed by atoms with E-state index in [0.29, 0.717) is 6.04 Å². The smallest absolute Gasteiger partial charge is 0.129 e. The van der Waals surface area contributed by atoms with Crippen molar-refractivity contribution in [2.75, 3.05) is 18.0 Å². The molecule has 0 bridgehead atoms. The number of pyridine rings is 1. The van der Waals surface area contributed by atoms with E-state index in [-0.39, 0.29) is 0 Å². The van der Waals surface area contributed by atoms with E-state index in [2.05, 4.69) is 50.0 Å². The Morgan fingerprint density at radius 1 is 1.35 bits per heavy atom. The van der Waals surface area contributed by atoms with Gasteiger partial charge in [0.15, 0.2) is 0 Å². The van der Waals surface area contributed by atoms with Crippen LogP contribution in [0, 0.1) is 12.8 Å². The average molecular weight is 275 g/mol. The summed E-state index contributed by atoms with van der Waals surface area (Å²) in [5.41, 5.74) is 2.48. The quantitative estimate of drug-likeness (QED) is 0.833. The molecule has 20 heavy (non-hydrogen) atoms. The minimum absolute atomic E-state index is 0.606. The topological polar surface area (TPSA) is 28.2 Å². The second kappa shape index (κ2) is 7.07. The van der Waals surface area contributed by atoms with Crippen LogP contribution < -0.4 is 10.2 Å². The monoisotopic (exact) mass is 275 g/mol. The van der Waals surface area contributed by atoms with E-state index >= 15 is 0 Å². The maximum absolute atomic E-state index is 4.84. The predicted octanol–water partition coefficient (Wildman–Crippen LogP) is 3.51. The SMILES string of the molecule is CCCNCc1ccc(N2CCC(C)CC2C)nc1C. The first-order valence-electron chi connectivity index (χ1n) is 8.05. The van der Waals surface area contributed by atoms with Gasteiger partial charge in [0.1, 0.15) is 5.82 Å². The van der Waals surface area contributed by atoms with E-state index < -0.39 is 0 Å². The van der Waals surface area contributed by atoms with E-state index in [1.165, 1.54) is 24.8 Å². The number of aryl methyl sites for hydroxylation is 1. The third-order valence-electron chi connectivity index (χ3n) is 4.36. The van der Waals surface area contributed by atoms with Gasteiger partial charge in [-0.2, -0.15) is 0 Å². The summed E-state index contributed by atoms with van der Waals surface area (Å²) < 4.78 is 0. The Bertz CT molecular complexity index is 430. The Balaban J connectivity index is 2.04. The molecule has 2 rings (SSSR count). The van der Waals surface area contributed by atoms with Crippen molar-refractivity contribution in [1.29, 1.82) is 0 Å². The molecule has 0 saturated carbocycles. The first kappa shape index (κ1) is 15.3. The van der Waals surface area contributed by atoms with E-state index in [1.807, 2.05) is 0 Å². The third-order valence-corrected chi connectivity index (χ3v) is 4.36. The zero-order valence-corrected chi connectivity index (χ0v) is 13.4. The Hall–Kier alpha value is -1.09. The Morgan fingerprint density at radius 3 is 2.80 bits per heavy atom. The molecule has 0 aliphatic carbocycles. The largest absolute Gasteiger partial charge is 0.354 e. The van der Waals surface area contributed by atoms with Crippen molar-refractivity contribution in [1.82, 2.24) is 10.3 Å². The van der Waals surface area contributed by atoms with Crippen LogP contribution >= 0.6 is 0 Å². The molecular formula is C17H29N3. The van der Waals surface area contributed by atoms with Crippen molar-refractivity contribution in [2.24, 2.45) is 5.92 Å². The van der Waals surface area contributed by atoms with Gasteiger partial charge in [0.25, 0.3) is 0 Å². The highest BCUT2D eigenvalue weighted by Crippen LogP contribution is 2.27. The molecule has 0 aromatic carbocycles. The molecule has 2 atom stereocenters. The summed E-state index contributed by atoms with van der Waals surface area (Å²) in [7, 11) is 0. The Morgan fingerprint density at radius 2 is 2.15 bits per heavy atom. The first-order chi connectivity index (χ1) is 9.61.